The number of likely N-dealkylation sites (tertiary alicyclic amines) is 1. The zero-order valence-corrected chi connectivity index (χ0v) is 14.2. The molecule has 1 aromatic heterocycles. The first-order valence-electron chi connectivity index (χ1n) is 8.04. The lowest BCUT2D eigenvalue weighted by molar-refractivity contribution is -0.146. The number of carbonyl (C=O) groups excluding carboxylic acids is 3. The van der Waals surface area contributed by atoms with Crippen molar-refractivity contribution in [1.82, 2.24) is 14.5 Å². The Bertz CT molecular complexity index is 937. The lowest BCUT2D eigenvalue weighted by Gasteiger charge is -2.21. The van der Waals surface area contributed by atoms with Crippen molar-refractivity contribution < 1.29 is 27.6 Å². The second kappa shape index (κ2) is 6.56. The highest BCUT2D eigenvalue weighted by atomic mass is 19.4. The lowest BCUT2D eigenvalue weighted by atomic mass is 10.2. The molecule has 0 unspecified atom stereocenters. The van der Waals surface area contributed by atoms with Gasteiger partial charge in [0, 0.05) is 19.3 Å². The van der Waals surface area contributed by atoms with Crippen LogP contribution < -0.4 is 11.1 Å². The smallest absolute Gasteiger partial charge is 0.368 e. The molecule has 2 heterocycles. The van der Waals surface area contributed by atoms with Gasteiger partial charge in [0.1, 0.15) is 6.04 Å². The summed E-state index contributed by atoms with van der Waals surface area (Å²) in [6.45, 7) is 0.230. The molecule has 1 aromatic carbocycles. The summed E-state index contributed by atoms with van der Waals surface area (Å²) in [4.78, 5) is 40.4. The van der Waals surface area contributed by atoms with Gasteiger partial charge >= 0.3 is 18.0 Å². The molecule has 0 radical (unpaired) electrons. The number of fused-ring (bicyclic) bond motifs is 1. The van der Waals surface area contributed by atoms with Crippen molar-refractivity contribution in [2.75, 3.05) is 11.9 Å². The van der Waals surface area contributed by atoms with Gasteiger partial charge < -0.3 is 20.5 Å². The average Bonchev–Trinajstić information content (AvgIpc) is 3.18. The van der Waals surface area contributed by atoms with Crippen LogP contribution in [0.5, 0.6) is 0 Å². The predicted octanol–water partition coefficient (Wildman–Crippen LogP) is 1.01. The molecule has 0 aliphatic carbocycles. The first-order chi connectivity index (χ1) is 12.6. The van der Waals surface area contributed by atoms with Gasteiger partial charge in [-0.15, -0.1) is 0 Å². The van der Waals surface area contributed by atoms with E-state index in [0.29, 0.717) is 12.8 Å². The van der Waals surface area contributed by atoms with Gasteiger partial charge in [-0.25, -0.2) is 4.98 Å². The van der Waals surface area contributed by atoms with Crippen molar-refractivity contribution in [3.05, 3.63) is 24.0 Å². The molecule has 1 aliphatic heterocycles. The van der Waals surface area contributed by atoms with Crippen molar-refractivity contribution in [2.24, 2.45) is 12.8 Å². The Hall–Kier alpha value is -3.11. The van der Waals surface area contributed by atoms with E-state index < -0.39 is 35.8 Å². The number of aryl methyl sites for hydroxylation is 1. The quantitative estimate of drug-likeness (QED) is 0.754. The molecule has 1 aliphatic rings. The first kappa shape index (κ1) is 18.7. The third kappa shape index (κ3) is 3.44. The van der Waals surface area contributed by atoms with Crippen LogP contribution >= 0.6 is 0 Å². The van der Waals surface area contributed by atoms with Crippen LogP contribution in [-0.2, 0) is 27.6 Å². The highest BCUT2D eigenvalue weighted by Crippen LogP contribution is 2.31. The monoisotopic (exact) mass is 383 g/mol. The normalized spacial score (nSPS) is 17.3. The molecule has 2 aromatic rings. The van der Waals surface area contributed by atoms with Crippen LogP contribution in [-0.4, -0.2) is 44.8 Å². The Kier molecular flexibility index (Phi) is 4.54. The van der Waals surface area contributed by atoms with Crippen molar-refractivity contribution in [3.8, 4) is 0 Å². The number of halogens is 3. The topological polar surface area (TPSA) is 110 Å². The van der Waals surface area contributed by atoms with Crippen LogP contribution in [0.1, 0.15) is 18.7 Å². The summed E-state index contributed by atoms with van der Waals surface area (Å²) < 4.78 is 39.7. The number of nitrogens with one attached hydrogen (secondary N) is 1. The molecule has 1 fully saturated rings. The second-order valence-electron chi connectivity index (χ2n) is 6.21. The largest absolute Gasteiger partial charge is 0.449 e. The Morgan fingerprint density at radius 3 is 2.63 bits per heavy atom. The number of anilines is 1. The van der Waals surface area contributed by atoms with Crippen LogP contribution in [0.15, 0.2) is 18.2 Å². The summed E-state index contributed by atoms with van der Waals surface area (Å²) in [6, 6.07) is 3.13. The number of aromatic nitrogens is 2. The van der Waals surface area contributed by atoms with E-state index in [9.17, 15) is 27.6 Å². The average molecular weight is 383 g/mol. The van der Waals surface area contributed by atoms with E-state index in [1.807, 2.05) is 0 Å². The Morgan fingerprint density at radius 1 is 1.30 bits per heavy atom. The van der Waals surface area contributed by atoms with Gasteiger partial charge in [0.05, 0.1) is 11.0 Å². The third-order valence-corrected chi connectivity index (χ3v) is 4.43. The van der Waals surface area contributed by atoms with Crippen molar-refractivity contribution in [1.29, 1.82) is 0 Å². The summed E-state index contributed by atoms with van der Waals surface area (Å²) in [6.07, 6.45) is -3.69. The summed E-state index contributed by atoms with van der Waals surface area (Å²) in [5, 5.41) is 2.32. The molecule has 3 N–H and O–H groups in total. The maximum Gasteiger partial charge on any atom is 0.449 e. The van der Waals surface area contributed by atoms with E-state index in [1.54, 1.807) is 0 Å². The number of nitrogens with two attached hydrogens (primary N) is 1. The minimum absolute atomic E-state index is 0.0197. The SMILES string of the molecule is Cn1c(C(F)(F)F)nc2cc(NC(=O)C(=O)N3CCC[C@@H]3C(N)=O)ccc21. The highest BCUT2D eigenvalue weighted by Gasteiger charge is 2.37. The zero-order valence-electron chi connectivity index (χ0n) is 14.2. The number of amides is 3. The van der Waals surface area contributed by atoms with Crippen molar-refractivity contribution >= 4 is 34.4 Å². The molecule has 11 heteroatoms. The summed E-state index contributed by atoms with van der Waals surface area (Å²) in [5.41, 5.74) is 5.58. The first-order valence-corrected chi connectivity index (χ1v) is 8.04. The number of hydrogen-bond acceptors (Lipinski definition) is 4. The Labute approximate surface area is 151 Å². The van der Waals surface area contributed by atoms with Gasteiger partial charge in [0.25, 0.3) is 0 Å². The number of nitrogens with zero attached hydrogens (tertiary/aromatic N) is 3. The molecular formula is C16H16F3N5O3. The molecule has 0 saturated carbocycles. The molecule has 1 atom stereocenters. The molecule has 1 saturated heterocycles. The van der Waals surface area contributed by atoms with E-state index in [1.165, 1.54) is 25.2 Å². The second-order valence-corrected chi connectivity index (χ2v) is 6.21. The molecule has 0 bridgehead atoms. The van der Waals surface area contributed by atoms with Gasteiger partial charge in [-0.2, -0.15) is 13.2 Å². The molecular weight excluding hydrogens is 367 g/mol. The van der Waals surface area contributed by atoms with E-state index >= 15 is 0 Å². The lowest BCUT2D eigenvalue weighted by Crippen LogP contribution is -2.47. The minimum Gasteiger partial charge on any atom is -0.368 e. The highest BCUT2D eigenvalue weighted by molar-refractivity contribution is 6.40. The molecule has 144 valence electrons. The van der Waals surface area contributed by atoms with E-state index in [-0.39, 0.29) is 23.3 Å². The van der Waals surface area contributed by atoms with E-state index in [4.69, 9.17) is 5.73 Å². The minimum atomic E-state index is -4.62. The van der Waals surface area contributed by atoms with Crippen molar-refractivity contribution in [2.45, 2.75) is 25.1 Å². The standard InChI is InChI=1S/C16H16F3N5O3/c1-23-10-5-4-8(7-9(10)22-15(23)16(17,18)19)21-13(26)14(27)24-6-2-3-11(24)12(20)25/h4-5,7,11H,2-3,6H2,1H3,(H2,20,25)(H,21,26)/t11-/m1/s1. The summed E-state index contributed by atoms with van der Waals surface area (Å²) >= 11 is 0. The maximum atomic E-state index is 12.9. The predicted molar refractivity (Wildman–Crippen MR) is 88.3 cm³/mol. The van der Waals surface area contributed by atoms with E-state index in [2.05, 4.69) is 10.3 Å². The molecule has 0 spiro atoms. The van der Waals surface area contributed by atoms with Crippen LogP contribution in [0.25, 0.3) is 11.0 Å². The maximum absolute atomic E-state index is 12.9. The number of primary amides is 1. The van der Waals surface area contributed by atoms with Gasteiger partial charge in [-0.05, 0) is 31.0 Å². The number of alkyl halides is 3. The van der Waals surface area contributed by atoms with Gasteiger partial charge in [-0.3, -0.25) is 14.4 Å². The number of rotatable bonds is 2. The zero-order chi connectivity index (χ0) is 19.9. The summed E-state index contributed by atoms with van der Waals surface area (Å²) in [5.74, 6) is -3.69. The van der Waals surface area contributed by atoms with Crippen LogP contribution in [0.2, 0.25) is 0 Å². The fourth-order valence-electron chi connectivity index (χ4n) is 3.15. The van der Waals surface area contributed by atoms with Gasteiger partial charge in [-0.1, -0.05) is 0 Å². The van der Waals surface area contributed by atoms with Crippen LogP contribution in [0, 0.1) is 0 Å². The number of benzene rings is 1. The summed E-state index contributed by atoms with van der Waals surface area (Å²) in [7, 11) is 1.23. The van der Waals surface area contributed by atoms with Crippen molar-refractivity contribution in [3.63, 3.8) is 0 Å². The number of hydrogen-bond donors (Lipinski definition) is 2. The fourth-order valence-corrected chi connectivity index (χ4v) is 3.15. The molecule has 3 rings (SSSR count). The van der Waals surface area contributed by atoms with E-state index in [0.717, 1.165) is 9.47 Å². The molecule has 3 amide bonds. The molecule has 27 heavy (non-hydrogen) atoms. The Morgan fingerprint density at radius 2 is 2.00 bits per heavy atom. The molecule has 8 nitrogen and oxygen atoms in total. The Balaban J connectivity index is 1.81. The van der Waals surface area contributed by atoms with Crippen LogP contribution in [0.4, 0.5) is 18.9 Å². The van der Waals surface area contributed by atoms with Crippen LogP contribution in [0.3, 0.4) is 0 Å². The third-order valence-electron chi connectivity index (χ3n) is 4.43. The van der Waals surface area contributed by atoms with Gasteiger partial charge in [0.2, 0.25) is 11.7 Å². The fraction of sp³-hybridized carbons (Fsp3) is 0.375. The number of carbonyl (C=O) groups is 3. The van der Waals surface area contributed by atoms with Gasteiger partial charge in [0.15, 0.2) is 0 Å². The number of imidazole rings is 1.